The van der Waals surface area contributed by atoms with Gasteiger partial charge in [0.25, 0.3) is 5.91 Å². The predicted molar refractivity (Wildman–Crippen MR) is 156 cm³/mol. The number of anilines is 2. The number of aromatic carboxylic acids is 2. The SMILES string of the molecule is CCC(Sc1cccc(NC(=O)c2ccc(C(=O)O)cc2C(=O)O)c1)C(=O)Nc1sc2c(c1C(=O)OC)CCCC2. The smallest absolute Gasteiger partial charge is 0.341 e. The van der Waals surface area contributed by atoms with E-state index in [1.807, 2.05) is 6.92 Å². The molecule has 0 saturated heterocycles. The molecule has 0 fully saturated rings. The number of nitrogens with one attached hydrogen (secondary N) is 2. The van der Waals surface area contributed by atoms with Crippen molar-refractivity contribution in [2.75, 3.05) is 17.7 Å². The number of amides is 2. The quantitative estimate of drug-likeness (QED) is 0.173. The summed E-state index contributed by atoms with van der Waals surface area (Å²) in [6.07, 6.45) is 4.14. The predicted octanol–water partition coefficient (Wildman–Crippen LogP) is 5.57. The second-order valence-corrected chi connectivity index (χ2v) is 11.6. The summed E-state index contributed by atoms with van der Waals surface area (Å²) >= 11 is 2.70. The Bertz CT molecular complexity index is 1530. The lowest BCUT2D eigenvalue weighted by Gasteiger charge is -2.16. The maximum atomic E-state index is 13.3. The van der Waals surface area contributed by atoms with Gasteiger partial charge in [-0.15, -0.1) is 23.1 Å². The number of aryl methyl sites for hydroxylation is 1. The number of carboxylic acid groups (broad SMARTS) is 2. The van der Waals surface area contributed by atoms with Crippen LogP contribution in [0.1, 0.15) is 78.1 Å². The molecule has 3 aromatic rings. The van der Waals surface area contributed by atoms with Crippen LogP contribution in [0.5, 0.6) is 0 Å². The molecule has 41 heavy (non-hydrogen) atoms. The maximum Gasteiger partial charge on any atom is 0.341 e. The highest BCUT2D eigenvalue weighted by molar-refractivity contribution is 8.00. The van der Waals surface area contributed by atoms with Gasteiger partial charge in [-0.2, -0.15) is 0 Å². The van der Waals surface area contributed by atoms with Crippen molar-refractivity contribution in [1.29, 1.82) is 0 Å². The van der Waals surface area contributed by atoms with E-state index in [4.69, 9.17) is 9.84 Å². The van der Waals surface area contributed by atoms with Crippen LogP contribution in [-0.4, -0.2) is 52.3 Å². The van der Waals surface area contributed by atoms with Crippen molar-refractivity contribution in [3.8, 4) is 0 Å². The molecule has 10 nitrogen and oxygen atoms in total. The van der Waals surface area contributed by atoms with Crippen LogP contribution in [0.2, 0.25) is 0 Å². The summed E-state index contributed by atoms with van der Waals surface area (Å²) in [6, 6.07) is 10.0. The molecule has 214 valence electrons. The number of esters is 1. The van der Waals surface area contributed by atoms with Gasteiger partial charge in [-0.3, -0.25) is 9.59 Å². The fourth-order valence-corrected chi connectivity index (χ4v) is 6.84. The molecule has 2 aromatic carbocycles. The minimum absolute atomic E-state index is 0.188. The first-order chi connectivity index (χ1) is 19.6. The first kappa shape index (κ1) is 29.8. The molecule has 1 aliphatic carbocycles. The Morgan fingerprint density at radius 1 is 0.976 bits per heavy atom. The number of thioether (sulfide) groups is 1. The molecule has 0 aliphatic heterocycles. The number of hydrogen-bond acceptors (Lipinski definition) is 8. The molecule has 0 saturated carbocycles. The topological polar surface area (TPSA) is 159 Å². The van der Waals surface area contributed by atoms with E-state index in [-0.39, 0.29) is 17.0 Å². The second kappa shape index (κ2) is 13.0. The van der Waals surface area contributed by atoms with Gasteiger partial charge < -0.3 is 25.6 Å². The van der Waals surface area contributed by atoms with Gasteiger partial charge in [0, 0.05) is 15.5 Å². The van der Waals surface area contributed by atoms with Gasteiger partial charge in [-0.25, -0.2) is 14.4 Å². The summed E-state index contributed by atoms with van der Waals surface area (Å²) in [5.41, 5.74) is 0.887. The number of ether oxygens (including phenoxy) is 1. The Morgan fingerprint density at radius 2 is 1.73 bits per heavy atom. The van der Waals surface area contributed by atoms with Crippen LogP contribution in [0.4, 0.5) is 10.7 Å². The molecular weight excluding hydrogens is 568 g/mol. The minimum atomic E-state index is -1.43. The average molecular weight is 597 g/mol. The van der Waals surface area contributed by atoms with Crippen LogP contribution in [-0.2, 0) is 22.4 Å². The van der Waals surface area contributed by atoms with E-state index in [0.29, 0.717) is 27.6 Å². The average Bonchev–Trinajstić information content (AvgIpc) is 3.32. The zero-order chi connectivity index (χ0) is 29.7. The Labute approximate surface area is 244 Å². The van der Waals surface area contributed by atoms with Crippen molar-refractivity contribution < 1.29 is 38.9 Å². The van der Waals surface area contributed by atoms with E-state index in [1.54, 1.807) is 24.3 Å². The summed E-state index contributed by atoms with van der Waals surface area (Å²) in [4.78, 5) is 63.4. The molecule has 1 heterocycles. The molecule has 1 aromatic heterocycles. The number of carbonyl (C=O) groups is 5. The van der Waals surface area contributed by atoms with E-state index < -0.39 is 34.6 Å². The maximum absolute atomic E-state index is 13.3. The minimum Gasteiger partial charge on any atom is -0.478 e. The lowest BCUT2D eigenvalue weighted by atomic mass is 9.95. The van der Waals surface area contributed by atoms with Gasteiger partial charge >= 0.3 is 17.9 Å². The van der Waals surface area contributed by atoms with Crippen LogP contribution < -0.4 is 10.6 Å². The fourth-order valence-electron chi connectivity index (χ4n) is 4.55. The van der Waals surface area contributed by atoms with Crippen molar-refractivity contribution >= 4 is 63.5 Å². The van der Waals surface area contributed by atoms with Gasteiger partial charge in [-0.05, 0) is 74.1 Å². The van der Waals surface area contributed by atoms with E-state index >= 15 is 0 Å². The lowest BCUT2D eigenvalue weighted by Crippen LogP contribution is -2.25. The Hall–Kier alpha value is -4.16. The van der Waals surface area contributed by atoms with Gasteiger partial charge in [0.15, 0.2) is 0 Å². The summed E-state index contributed by atoms with van der Waals surface area (Å²) in [5, 5.41) is 24.2. The largest absolute Gasteiger partial charge is 0.478 e. The molecule has 4 N–H and O–H groups in total. The van der Waals surface area contributed by atoms with Crippen LogP contribution in [0, 0.1) is 0 Å². The van der Waals surface area contributed by atoms with Crippen molar-refractivity contribution in [2.45, 2.75) is 49.2 Å². The fraction of sp³-hybridized carbons (Fsp3) is 0.276. The van der Waals surface area contributed by atoms with Crippen LogP contribution in [0.15, 0.2) is 47.4 Å². The Balaban J connectivity index is 1.49. The molecule has 1 aliphatic rings. The molecule has 12 heteroatoms. The van der Waals surface area contributed by atoms with Crippen molar-refractivity contribution in [2.24, 2.45) is 0 Å². The summed E-state index contributed by atoms with van der Waals surface area (Å²) in [5.74, 6) is -4.18. The zero-order valence-electron chi connectivity index (χ0n) is 22.3. The van der Waals surface area contributed by atoms with Gasteiger partial charge in [0.2, 0.25) is 5.91 Å². The molecule has 0 spiro atoms. The zero-order valence-corrected chi connectivity index (χ0v) is 23.9. The number of methoxy groups -OCH3 is 1. The molecular formula is C29H28N2O8S2. The second-order valence-electron chi connectivity index (χ2n) is 9.26. The highest BCUT2D eigenvalue weighted by Gasteiger charge is 2.29. The lowest BCUT2D eigenvalue weighted by molar-refractivity contribution is -0.115. The van der Waals surface area contributed by atoms with Crippen molar-refractivity contribution in [3.63, 3.8) is 0 Å². The molecule has 1 atom stereocenters. The van der Waals surface area contributed by atoms with Crippen molar-refractivity contribution in [1.82, 2.24) is 0 Å². The molecule has 0 bridgehead atoms. The summed E-state index contributed by atoms with van der Waals surface area (Å²) in [7, 11) is 1.32. The number of hydrogen-bond donors (Lipinski definition) is 4. The molecule has 4 rings (SSSR count). The van der Waals surface area contributed by atoms with E-state index in [1.165, 1.54) is 30.2 Å². The third-order valence-electron chi connectivity index (χ3n) is 6.57. The summed E-state index contributed by atoms with van der Waals surface area (Å²) < 4.78 is 5.00. The number of benzene rings is 2. The first-order valence-corrected chi connectivity index (χ1v) is 14.5. The molecule has 0 radical (unpaired) electrons. The van der Waals surface area contributed by atoms with Crippen LogP contribution in [0.25, 0.3) is 0 Å². The normalized spacial score (nSPS) is 13.0. The van der Waals surface area contributed by atoms with E-state index in [9.17, 15) is 29.1 Å². The molecule has 2 amide bonds. The number of rotatable bonds is 10. The van der Waals surface area contributed by atoms with Crippen molar-refractivity contribution in [3.05, 3.63) is 75.2 Å². The third-order valence-corrected chi connectivity index (χ3v) is 9.14. The monoisotopic (exact) mass is 596 g/mol. The standard InChI is InChI=1S/C29H28N2O8S2/c1-3-21(25(33)31-26-23(29(38)39-2)19-9-4-5-10-22(19)41-26)40-17-8-6-7-16(14-17)30-24(32)18-12-11-15(27(34)35)13-20(18)28(36)37/h6-8,11-14,21H,3-5,9-10H2,1-2H3,(H,30,32)(H,31,33)(H,34,35)(H,36,37). The van der Waals surface area contributed by atoms with Crippen LogP contribution in [0.3, 0.4) is 0 Å². The number of fused-ring (bicyclic) bond motifs is 1. The van der Waals surface area contributed by atoms with E-state index in [2.05, 4.69) is 10.6 Å². The number of thiophene rings is 1. The highest BCUT2D eigenvalue weighted by atomic mass is 32.2. The van der Waals surface area contributed by atoms with Gasteiger partial charge in [-0.1, -0.05) is 13.0 Å². The van der Waals surface area contributed by atoms with Crippen LogP contribution >= 0.6 is 23.1 Å². The Kier molecular flexibility index (Phi) is 9.46. The Morgan fingerprint density at radius 3 is 2.41 bits per heavy atom. The first-order valence-electron chi connectivity index (χ1n) is 12.8. The highest BCUT2D eigenvalue weighted by Crippen LogP contribution is 2.39. The van der Waals surface area contributed by atoms with Gasteiger partial charge in [0.1, 0.15) is 5.00 Å². The van der Waals surface area contributed by atoms with Gasteiger partial charge in [0.05, 0.1) is 34.6 Å². The molecule has 1 unspecified atom stereocenters. The number of carboxylic acids is 2. The summed E-state index contributed by atoms with van der Waals surface area (Å²) in [6.45, 7) is 1.87. The van der Waals surface area contributed by atoms with E-state index in [0.717, 1.165) is 54.3 Å². The number of carbonyl (C=O) groups excluding carboxylic acids is 3. The third kappa shape index (κ3) is 6.77.